The number of aliphatic hydroxyl groups is 2. The molecule has 3 rings (SSSR count). The van der Waals surface area contributed by atoms with E-state index in [1.54, 1.807) is 0 Å². The average Bonchev–Trinajstić information content (AvgIpc) is 3.00. The lowest BCUT2D eigenvalue weighted by molar-refractivity contribution is -0.117. The molecule has 0 aromatic carbocycles. The van der Waals surface area contributed by atoms with Crippen LogP contribution in [0.3, 0.4) is 0 Å². The van der Waals surface area contributed by atoms with Crippen molar-refractivity contribution in [1.29, 1.82) is 0 Å². The van der Waals surface area contributed by atoms with Crippen molar-refractivity contribution in [2.75, 3.05) is 6.61 Å². The van der Waals surface area contributed by atoms with Crippen molar-refractivity contribution in [2.45, 2.75) is 30.6 Å². The zero-order valence-corrected chi connectivity index (χ0v) is 12.8. The van der Waals surface area contributed by atoms with E-state index in [4.69, 9.17) is 20.3 Å². The van der Waals surface area contributed by atoms with Crippen LogP contribution in [-0.2, 0) is 18.6 Å². The number of carbonyl (C=O) groups excluding carboxylic acids is 1. The first-order valence-corrected chi connectivity index (χ1v) is 8.21. The molecular formula is C10H14N5O8P. The highest BCUT2D eigenvalue weighted by molar-refractivity contribution is 7.46. The molecular weight excluding hydrogens is 349 g/mol. The molecule has 0 aliphatic carbocycles. The van der Waals surface area contributed by atoms with Gasteiger partial charge < -0.3 is 30.5 Å². The van der Waals surface area contributed by atoms with Crippen molar-refractivity contribution in [3.05, 3.63) is 0 Å². The lowest BCUT2D eigenvalue weighted by Crippen LogP contribution is -2.49. The van der Waals surface area contributed by atoms with Crippen LogP contribution in [0.25, 0.3) is 0 Å². The topological polar surface area (TPSA) is 200 Å². The van der Waals surface area contributed by atoms with Gasteiger partial charge in [0.05, 0.1) is 12.9 Å². The molecule has 0 radical (unpaired) electrons. The zero-order chi connectivity index (χ0) is 17.6. The Kier molecular flexibility index (Phi) is 4.25. The third kappa shape index (κ3) is 2.98. The molecule has 14 heteroatoms. The maximum absolute atomic E-state index is 11.8. The minimum atomic E-state index is -4.98. The number of aliphatic imine (C=N–C) groups is 3. The standard InChI is InChI=1S/C10H14N5O8P/c11-10-13-7-4(8(18)14-10)12-2-15(7)9-6(23-24(19,20)21)5(17)3(1-16)22-9/h2-6,9,16-17H,1H2,(H2,11,14,18)(H2,19,20,21)/t3-,4?,5-,6?,9-/m1/s1. The first-order valence-electron chi connectivity index (χ1n) is 6.68. The van der Waals surface area contributed by atoms with E-state index in [0.717, 1.165) is 11.2 Å². The van der Waals surface area contributed by atoms with E-state index >= 15 is 0 Å². The molecule has 5 atom stereocenters. The minimum absolute atomic E-state index is 0.0163. The van der Waals surface area contributed by atoms with Gasteiger partial charge >= 0.3 is 7.82 Å². The normalized spacial score (nSPS) is 35.9. The summed E-state index contributed by atoms with van der Waals surface area (Å²) in [7, 11) is -4.98. The Morgan fingerprint density at radius 2 is 2.12 bits per heavy atom. The molecule has 3 aliphatic rings. The van der Waals surface area contributed by atoms with Crippen LogP contribution in [0.4, 0.5) is 0 Å². The number of amides is 1. The van der Waals surface area contributed by atoms with Crippen molar-refractivity contribution in [1.82, 2.24) is 4.90 Å². The minimum Gasteiger partial charge on any atom is -0.394 e. The van der Waals surface area contributed by atoms with E-state index in [2.05, 4.69) is 19.5 Å². The molecule has 0 aromatic rings. The third-order valence-corrected chi connectivity index (χ3v) is 4.08. The smallest absolute Gasteiger partial charge is 0.394 e. The van der Waals surface area contributed by atoms with E-state index in [9.17, 15) is 19.6 Å². The fourth-order valence-corrected chi connectivity index (χ4v) is 3.12. The molecule has 3 heterocycles. The first kappa shape index (κ1) is 17.1. The predicted molar refractivity (Wildman–Crippen MR) is 76.9 cm³/mol. The van der Waals surface area contributed by atoms with Crippen LogP contribution >= 0.6 is 7.82 Å². The second-order valence-corrected chi connectivity index (χ2v) is 6.34. The van der Waals surface area contributed by atoms with Gasteiger partial charge in [0.1, 0.15) is 18.3 Å². The van der Waals surface area contributed by atoms with Crippen molar-refractivity contribution < 1.29 is 38.6 Å². The Balaban J connectivity index is 1.92. The summed E-state index contributed by atoms with van der Waals surface area (Å²) in [6.45, 7) is -0.623. The van der Waals surface area contributed by atoms with Crippen molar-refractivity contribution in [3.8, 4) is 0 Å². The summed E-state index contributed by atoms with van der Waals surface area (Å²) in [5.41, 5.74) is 5.43. The van der Waals surface area contributed by atoms with Gasteiger partial charge in [-0.2, -0.15) is 9.98 Å². The summed E-state index contributed by atoms with van der Waals surface area (Å²) in [6.07, 6.45) is -4.39. The fourth-order valence-electron chi connectivity index (χ4n) is 2.58. The molecule has 1 saturated heterocycles. The number of phosphoric acid groups is 1. The van der Waals surface area contributed by atoms with Crippen LogP contribution in [0.15, 0.2) is 15.0 Å². The van der Waals surface area contributed by atoms with Crippen molar-refractivity contribution in [3.63, 3.8) is 0 Å². The number of aliphatic hydroxyl groups excluding tert-OH is 2. The summed E-state index contributed by atoms with van der Waals surface area (Å²) in [5, 5.41) is 19.3. The van der Waals surface area contributed by atoms with Crippen LogP contribution < -0.4 is 5.73 Å². The number of hydrogen-bond donors (Lipinski definition) is 5. The Hall–Kier alpha value is -1.73. The number of nitrogens with two attached hydrogens (primary N) is 1. The van der Waals surface area contributed by atoms with E-state index in [1.165, 1.54) is 0 Å². The van der Waals surface area contributed by atoms with Gasteiger partial charge in [-0.1, -0.05) is 0 Å². The first-order chi connectivity index (χ1) is 11.2. The number of rotatable bonds is 4. The molecule has 1 fully saturated rings. The van der Waals surface area contributed by atoms with Gasteiger partial charge in [-0.25, -0.2) is 4.57 Å². The summed E-state index contributed by atoms with van der Waals surface area (Å²) < 4.78 is 21.1. The number of nitrogens with zero attached hydrogens (tertiary/aromatic N) is 4. The predicted octanol–water partition coefficient (Wildman–Crippen LogP) is -3.49. The van der Waals surface area contributed by atoms with E-state index in [0.29, 0.717) is 0 Å². The van der Waals surface area contributed by atoms with Gasteiger partial charge in [-0.3, -0.25) is 19.2 Å². The molecule has 13 nitrogen and oxygen atoms in total. The quantitative estimate of drug-likeness (QED) is 0.312. The number of hydrogen-bond acceptors (Lipinski definition) is 10. The number of ether oxygens (including phenoxy) is 1. The Labute approximate surface area is 134 Å². The summed E-state index contributed by atoms with van der Waals surface area (Å²) in [5.74, 6) is -0.963. The van der Waals surface area contributed by atoms with Gasteiger partial charge in [0.25, 0.3) is 5.91 Å². The average molecular weight is 363 g/mol. The van der Waals surface area contributed by atoms with Crippen LogP contribution in [0.5, 0.6) is 0 Å². The largest absolute Gasteiger partial charge is 0.470 e. The van der Waals surface area contributed by atoms with Crippen LogP contribution in [0.2, 0.25) is 0 Å². The number of guanidine groups is 1. The number of fused-ring (bicyclic) bond motifs is 1. The van der Waals surface area contributed by atoms with Crippen molar-refractivity contribution >= 4 is 31.9 Å². The van der Waals surface area contributed by atoms with Crippen LogP contribution in [-0.4, -0.2) is 86.1 Å². The molecule has 0 bridgehead atoms. The molecule has 0 saturated carbocycles. The van der Waals surface area contributed by atoms with E-state index in [-0.39, 0.29) is 11.8 Å². The maximum Gasteiger partial charge on any atom is 0.470 e. The zero-order valence-electron chi connectivity index (χ0n) is 11.9. The summed E-state index contributed by atoms with van der Waals surface area (Å²) >= 11 is 0. The highest BCUT2D eigenvalue weighted by Gasteiger charge is 2.52. The molecule has 2 unspecified atom stereocenters. The van der Waals surface area contributed by atoms with Gasteiger partial charge in [-0.05, 0) is 0 Å². The molecule has 0 aromatic heterocycles. The SMILES string of the molecule is NC1=NC(=O)C2N=CN([C@@H]3O[C@H](CO)[C@@H](O)C3OP(=O)(O)O)C2=N1. The Morgan fingerprint density at radius 1 is 1.42 bits per heavy atom. The summed E-state index contributed by atoms with van der Waals surface area (Å²) in [4.78, 5) is 42.2. The number of amidine groups is 1. The van der Waals surface area contributed by atoms with Crippen LogP contribution in [0.1, 0.15) is 0 Å². The lowest BCUT2D eigenvalue weighted by atomic mass is 10.1. The molecule has 0 spiro atoms. The van der Waals surface area contributed by atoms with Gasteiger partial charge in [0, 0.05) is 0 Å². The molecule has 3 aliphatic heterocycles. The molecule has 24 heavy (non-hydrogen) atoms. The second-order valence-electron chi connectivity index (χ2n) is 5.15. The van der Waals surface area contributed by atoms with Crippen LogP contribution in [0, 0.1) is 0 Å². The molecule has 132 valence electrons. The van der Waals surface area contributed by atoms with Gasteiger partial charge in [0.2, 0.25) is 5.96 Å². The molecule has 6 N–H and O–H groups in total. The lowest BCUT2D eigenvalue weighted by Gasteiger charge is -2.29. The van der Waals surface area contributed by atoms with E-state index < -0.39 is 50.9 Å². The maximum atomic E-state index is 11.8. The van der Waals surface area contributed by atoms with Crippen molar-refractivity contribution in [2.24, 2.45) is 20.7 Å². The summed E-state index contributed by atoms with van der Waals surface area (Å²) in [6, 6.07) is -1.07. The highest BCUT2D eigenvalue weighted by Crippen LogP contribution is 2.42. The Bertz CT molecular complexity index is 689. The third-order valence-electron chi connectivity index (χ3n) is 3.56. The number of phosphoric ester groups is 1. The number of carbonyl (C=O) groups is 1. The highest BCUT2D eigenvalue weighted by atomic mass is 31.2. The Morgan fingerprint density at radius 3 is 2.75 bits per heavy atom. The van der Waals surface area contributed by atoms with E-state index in [1.807, 2.05) is 0 Å². The van der Waals surface area contributed by atoms with Gasteiger partial charge in [-0.15, -0.1) is 0 Å². The second kappa shape index (κ2) is 5.97. The molecule has 1 amide bonds. The fraction of sp³-hybridized carbons (Fsp3) is 0.600. The van der Waals surface area contributed by atoms with Gasteiger partial charge in [0.15, 0.2) is 18.1 Å². The monoisotopic (exact) mass is 363 g/mol.